The van der Waals surface area contributed by atoms with Gasteiger partial charge in [0, 0.05) is 25.4 Å². The van der Waals surface area contributed by atoms with Gasteiger partial charge in [0.2, 0.25) is 5.91 Å². The van der Waals surface area contributed by atoms with Crippen molar-refractivity contribution in [1.29, 1.82) is 0 Å². The highest BCUT2D eigenvalue weighted by Crippen LogP contribution is 2.19. The predicted octanol–water partition coefficient (Wildman–Crippen LogP) is 2.86. The highest BCUT2D eigenvalue weighted by molar-refractivity contribution is 5.76. The molecule has 6 nitrogen and oxygen atoms in total. The number of carbonyl (C=O) groups excluding carboxylic acids is 1. The van der Waals surface area contributed by atoms with Gasteiger partial charge in [0.1, 0.15) is 11.5 Å². The van der Waals surface area contributed by atoms with Crippen molar-refractivity contribution in [3.05, 3.63) is 72.3 Å². The maximum absolute atomic E-state index is 11.9. The summed E-state index contributed by atoms with van der Waals surface area (Å²) < 4.78 is 7.47. The summed E-state index contributed by atoms with van der Waals surface area (Å²) in [6.45, 7) is 0.399. The van der Waals surface area contributed by atoms with E-state index < -0.39 is 0 Å². The van der Waals surface area contributed by atoms with Crippen molar-refractivity contribution < 1.29 is 9.53 Å². The Morgan fingerprint density at radius 3 is 2.64 bits per heavy atom. The Bertz CT molecular complexity index is 813. The van der Waals surface area contributed by atoms with Gasteiger partial charge in [-0.1, -0.05) is 18.2 Å². The Morgan fingerprint density at radius 2 is 1.96 bits per heavy atom. The lowest BCUT2D eigenvalue weighted by molar-refractivity contribution is -0.121. The van der Waals surface area contributed by atoms with Crippen LogP contribution >= 0.6 is 0 Å². The zero-order chi connectivity index (χ0) is 17.5. The van der Waals surface area contributed by atoms with E-state index in [0.717, 1.165) is 17.1 Å². The molecule has 0 saturated heterocycles. The van der Waals surface area contributed by atoms with Crippen molar-refractivity contribution >= 4 is 5.91 Å². The normalized spacial score (nSPS) is 10.4. The second-order valence-electron chi connectivity index (χ2n) is 5.62. The summed E-state index contributed by atoms with van der Waals surface area (Å²) in [5.41, 5.74) is 1.82. The maximum Gasteiger partial charge on any atom is 0.220 e. The van der Waals surface area contributed by atoms with Gasteiger partial charge in [0.05, 0.1) is 18.4 Å². The number of hydrogen-bond donors (Lipinski definition) is 1. The molecule has 1 aromatic carbocycles. The number of carbonyl (C=O) groups is 1. The smallest absolute Gasteiger partial charge is 0.220 e. The molecule has 3 rings (SSSR count). The molecule has 2 aromatic heterocycles. The van der Waals surface area contributed by atoms with Gasteiger partial charge in [-0.25, -0.2) is 0 Å². The predicted molar refractivity (Wildman–Crippen MR) is 94.1 cm³/mol. The van der Waals surface area contributed by atoms with Crippen LogP contribution in [-0.4, -0.2) is 20.7 Å². The number of ether oxygens (including phenoxy) is 1. The number of para-hydroxylation sites is 1. The van der Waals surface area contributed by atoms with Crippen LogP contribution in [0.3, 0.4) is 0 Å². The van der Waals surface area contributed by atoms with Crippen LogP contribution in [0.5, 0.6) is 11.5 Å². The van der Waals surface area contributed by atoms with Crippen LogP contribution in [0.2, 0.25) is 0 Å². The molecular formula is C19H20N4O2. The Morgan fingerprint density at radius 1 is 1.12 bits per heavy atom. The van der Waals surface area contributed by atoms with Crippen molar-refractivity contribution in [2.75, 3.05) is 0 Å². The highest BCUT2D eigenvalue weighted by atomic mass is 16.5. The number of aryl methyl sites for hydroxylation is 2. The van der Waals surface area contributed by atoms with E-state index in [4.69, 9.17) is 4.74 Å². The summed E-state index contributed by atoms with van der Waals surface area (Å²) in [4.78, 5) is 16.3. The Labute approximate surface area is 146 Å². The van der Waals surface area contributed by atoms with Crippen molar-refractivity contribution in [2.45, 2.75) is 19.4 Å². The Hall–Kier alpha value is -3.15. The number of benzene rings is 1. The number of rotatable bonds is 7. The number of pyridine rings is 1. The summed E-state index contributed by atoms with van der Waals surface area (Å²) >= 11 is 0. The van der Waals surface area contributed by atoms with Gasteiger partial charge in [-0.3, -0.25) is 14.5 Å². The minimum atomic E-state index is -0.00684. The summed E-state index contributed by atoms with van der Waals surface area (Å²) in [5, 5.41) is 6.97. The monoisotopic (exact) mass is 336 g/mol. The first kappa shape index (κ1) is 16.7. The van der Waals surface area contributed by atoms with Crippen LogP contribution in [0.1, 0.15) is 17.8 Å². The van der Waals surface area contributed by atoms with Crippen molar-refractivity contribution in [2.24, 2.45) is 7.05 Å². The third kappa shape index (κ3) is 4.91. The van der Waals surface area contributed by atoms with Crippen LogP contribution in [0.4, 0.5) is 0 Å². The van der Waals surface area contributed by atoms with E-state index >= 15 is 0 Å². The fraction of sp³-hybridized carbons (Fsp3) is 0.211. The molecule has 0 aliphatic heterocycles. The number of hydrogen-bond acceptors (Lipinski definition) is 4. The van der Waals surface area contributed by atoms with Crippen molar-refractivity contribution in [3.8, 4) is 11.5 Å². The van der Waals surface area contributed by atoms with E-state index in [1.54, 1.807) is 17.1 Å². The number of nitrogens with zero attached hydrogens (tertiary/aromatic N) is 3. The second-order valence-corrected chi connectivity index (χ2v) is 5.62. The average molecular weight is 336 g/mol. The topological polar surface area (TPSA) is 69.0 Å². The molecule has 0 saturated carbocycles. The minimum absolute atomic E-state index is 0.00684. The second kappa shape index (κ2) is 8.10. The maximum atomic E-state index is 11.9. The van der Waals surface area contributed by atoms with Crippen LogP contribution in [0, 0.1) is 0 Å². The van der Waals surface area contributed by atoms with Crippen LogP contribution in [0.25, 0.3) is 0 Å². The first-order valence-corrected chi connectivity index (χ1v) is 8.12. The third-order valence-corrected chi connectivity index (χ3v) is 3.77. The van der Waals surface area contributed by atoms with Gasteiger partial charge < -0.3 is 10.1 Å². The lowest BCUT2D eigenvalue weighted by atomic mass is 10.2. The molecule has 0 aliphatic rings. The van der Waals surface area contributed by atoms with E-state index in [2.05, 4.69) is 15.4 Å². The molecule has 2 heterocycles. The van der Waals surface area contributed by atoms with Gasteiger partial charge in [-0.2, -0.15) is 5.10 Å². The van der Waals surface area contributed by atoms with E-state index in [-0.39, 0.29) is 5.91 Å². The molecule has 3 aromatic rings. The molecule has 25 heavy (non-hydrogen) atoms. The molecule has 0 radical (unpaired) electrons. The summed E-state index contributed by atoms with van der Waals surface area (Å²) in [6, 6.07) is 15.1. The average Bonchev–Trinajstić information content (AvgIpc) is 3.05. The van der Waals surface area contributed by atoms with E-state index in [0.29, 0.717) is 25.1 Å². The van der Waals surface area contributed by atoms with Crippen molar-refractivity contribution in [1.82, 2.24) is 20.1 Å². The first-order valence-electron chi connectivity index (χ1n) is 8.12. The van der Waals surface area contributed by atoms with Crippen molar-refractivity contribution in [3.63, 3.8) is 0 Å². The fourth-order valence-electron chi connectivity index (χ4n) is 2.37. The first-order chi connectivity index (χ1) is 12.2. The summed E-state index contributed by atoms with van der Waals surface area (Å²) in [7, 11) is 1.87. The van der Waals surface area contributed by atoms with Gasteiger partial charge >= 0.3 is 0 Å². The van der Waals surface area contributed by atoms with Crippen LogP contribution in [0.15, 0.2) is 60.9 Å². The number of aromatic nitrogens is 3. The van der Waals surface area contributed by atoms with Crippen LogP contribution < -0.4 is 10.1 Å². The Kier molecular flexibility index (Phi) is 5.41. The Balaban J connectivity index is 1.45. The molecule has 0 bridgehead atoms. The van der Waals surface area contributed by atoms with E-state index in [1.165, 1.54) is 0 Å². The number of amides is 1. The molecule has 0 unspecified atom stereocenters. The lowest BCUT2D eigenvalue weighted by Crippen LogP contribution is -2.23. The third-order valence-electron chi connectivity index (χ3n) is 3.77. The molecule has 0 atom stereocenters. The molecule has 0 aliphatic carbocycles. The van der Waals surface area contributed by atoms with E-state index in [1.807, 2.05) is 55.6 Å². The van der Waals surface area contributed by atoms with Gasteiger partial charge in [-0.05, 0) is 36.8 Å². The standard InChI is InChI=1S/C19H20N4O2/c1-23-16(11-12-22-23)8-10-19(24)21-13-15-7-9-18(14-20-15)25-17-5-3-2-4-6-17/h2-7,9,11-12,14H,8,10,13H2,1H3,(H,21,24). The lowest BCUT2D eigenvalue weighted by Gasteiger charge is -2.07. The quantitative estimate of drug-likeness (QED) is 0.720. The van der Waals surface area contributed by atoms with Crippen LogP contribution in [-0.2, 0) is 24.8 Å². The summed E-state index contributed by atoms with van der Waals surface area (Å²) in [6.07, 6.45) is 4.48. The molecule has 128 valence electrons. The SMILES string of the molecule is Cn1nccc1CCC(=O)NCc1ccc(Oc2ccccc2)cn1. The zero-order valence-electron chi connectivity index (χ0n) is 14.1. The fourth-order valence-corrected chi connectivity index (χ4v) is 2.37. The molecule has 0 spiro atoms. The molecule has 1 amide bonds. The molecular weight excluding hydrogens is 316 g/mol. The number of nitrogens with one attached hydrogen (secondary N) is 1. The van der Waals surface area contributed by atoms with E-state index in [9.17, 15) is 4.79 Å². The van der Waals surface area contributed by atoms with Gasteiger partial charge in [-0.15, -0.1) is 0 Å². The highest BCUT2D eigenvalue weighted by Gasteiger charge is 2.05. The van der Waals surface area contributed by atoms with Gasteiger partial charge in [0.15, 0.2) is 0 Å². The summed E-state index contributed by atoms with van der Waals surface area (Å²) in [5.74, 6) is 1.42. The molecule has 6 heteroatoms. The van der Waals surface area contributed by atoms with Gasteiger partial charge in [0.25, 0.3) is 0 Å². The zero-order valence-corrected chi connectivity index (χ0v) is 14.1. The molecule has 1 N–H and O–H groups in total. The largest absolute Gasteiger partial charge is 0.456 e. The minimum Gasteiger partial charge on any atom is -0.456 e. The molecule has 0 fully saturated rings.